The van der Waals surface area contributed by atoms with E-state index in [2.05, 4.69) is 15.3 Å². The lowest BCUT2D eigenvalue weighted by Gasteiger charge is -2.17. The molecule has 1 aromatic carbocycles. The maximum Gasteiger partial charge on any atom is 0.229 e. The molecule has 0 spiro atoms. The first-order valence-corrected chi connectivity index (χ1v) is 7.96. The summed E-state index contributed by atoms with van der Waals surface area (Å²) in [4.78, 5) is 20.3. The third-order valence-corrected chi connectivity index (χ3v) is 3.51. The van der Waals surface area contributed by atoms with Crippen molar-refractivity contribution in [3.63, 3.8) is 0 Å². The molecule has 3 aromatic rings. The van der Waals surface area contributed by atoms with Crippen molar-refractivity contribution in [3.05, 3.63) is 61.2 Å². The molecule has 0 saturated carbocycles. The Morgan fingerprint density at radius 2 is 1.76 bits per heavy atom. The summed E-state index contributed by atoms with van der Waals surface area (Å²) in [5.41, 5.74) is 0.286. The van der Waals surface area contributed by atoms with Crippen molar-refractivity contribution in [2.45, 2.75) is 20.8 Å². The molecule has 0 saturated heterocycles. The Morgan fingerprint density at radius 1 is 1.08 bits per heavy atom. The molecule has 0 aliphatic heterocycles. The van der Waals surface area contributed by atoms with Gasteiger partial charge in [-0.2, -0.15) is 0 Å². The standard InChI is InChI=1S/C19H20N4O2/c1-19(2,3)18(24)22-14-6-8-15(9-7-14)25-17-12-16(20-13-21-17)23-10-4-5-11-23/h4-13H,1-3H3,(H,22,24). The van der Waals surface area contributed by atoms with Gasteiger partial charge in [-0.15, -0.1) is 0 Å². The third kappa shape index (κ3) is 4.23. The summed E-state index contributed by atoms with van der Waals surface area (Å²) in [6.07, 6.45) is 5.26. The molecule has 6 nitrogen and oxygen atoms in total. The zero-order valence-electron chi connectivity index (χ0n) is 14.4. The van der Waals surface area contributed by atoms with E-state index in [1.54, 1.807) is 30.3 Å². The van der Waals surface area contributed by atoms with E-state index < -0.39 is 5.41 Å². The van der Waals surface area contributed by atoms with E-state index >= 15 is 0 Å². The number of hydrogen-bond donors (Lipinski definition) is 1. The van der Waals surface area contributed by atoms with Crippen molar-refractivity contribution >= 4 is 11.6 Å². The number of benzene rings is 1. The van der Waals surface area contributed by atoms with Crippen molar-refractivity contribution < 1.29 is 9.53 Å². The van der Waals surface area contributed by atoms with Gasteiger partial charge < -0.3 is 14.6 Å². The molecule has 0 bridgehead atoms. The van der Waals surface area contributed by atoms with Crippen LogP contribution in [0.2, 0.25) is 0 Å². The van der Waals surface area contributed by atoms with Gasteiger partial charge in [-0.3, -0.25) is 4.79 Å². The van der Waals surface area contributed by atoms with E-state index in [9.17, 15) is 4.79 Å². The van der Waals surface area contributed by atoms with Crippen LogP contribution in [0.5, 0.6) is 11.6 Å². The van der Waals surface area contributed by atoms with Crippen LogP contribution < -0.4 is 10.1 Å². The fourth-order valence-corrected chi connectivity index (χ4v) is 2.06. The Hall–Kier alpha value is -3.15. The highest BCUT2D eigenvalue weighted by molar-refractivity contribution is 5.94. The molecule has 0 aliphatic rings. The molecule has 0 unspecified atom stereocenters. The van der Waals surface area contributed by atoms with Gasteiger partial charge in [-0.05, 0) is 36.4 Å². The maximum absolute atomic E-state index is 12.0. The molecule has 3 rings (SSSR count). The molecule has 2 aromatic heterocycles. The second kappa shape index (κ2) is 6.76. The van der Waals surface area contributed by atoms with E-state index in [1.165, 1.54) is 6.33 Å². The number of aromatic nitrogens is 3. The highest BCUT2D eigenvalue weighted by Gasteiger charge is 2.21. The van der Waals surface area contributed by atoms with E-state index in [1.807, 2.05) is 49.9 Å². The quantitative estimate of drug-likeness (QED) is 0.780. The minimum atomic E-state index is -0.439. The maximum atomic E-state index is 12.0. The normalized spacial score (nSPS) is 11.2. The molecule has 1 N–H and O–H groups in total. The van der Waals surface area contributed by atoms with Crippen LogP contribution in [-0.2, 0) is 4.79 Å². The van der Waals surface area contributed by atoms with Crippen molar-refractivity contribution in [2.75, 3.05) is 5.32 Å². The monoisotopic (exact) mass is 336 g/mol. The zero-order chi connectivity index (χ0) is 17.9. The lowest BCUT2D eigenvalue weighted by molar-refractivity contribution is -0.123. The molecule has 0 fully saturated rings. The lowest BCUT2D eigenvalue weighted by Crippen LogP contribution is -2.27. The Balaban J connectivity index is 1.70. The summed E-state index contributed by atoms with van der Waals surface area (Å²) in [5, 5.41) is 2.88. The topological polar surface area (TPSA) is 69.0 Å². The summed E-state index contributed by atoms with van der Waals surface area (Å²) in [6, 6.07) is 12.8. The number of nitrogens with zero attached hydrogens (tertiary/aromatic N) is 3. The molecule has 6 heteroatoms. The van der Waals surface area contributed by atoms with Crippen molar-refractivity contribution in [1.29, 1.82) is 0 Å². The van der Waals surface area contributed by atoms with Gasteiger partial charge in [0.1, 0.15) is 17.9 Å². The van der Waals surface area contributed by atoms with Crippen LogP contribution in [0.15, 0.2) is 61.2 Å². The van der Waals surface area contributed by atoms with Crippen molar-refractivity contribution in [2.24, 2.45) is 5.41 Å². The summed E-state index contributed by atoms with van der Waals surface area (Å²) >= 11 is 0. The van der Waals surface area contributed by atoms with Crippen molar-refractivity contribution in [1.82, 2.24) is 14.5 Å². The number of carbonyl (C=O) groups is 1. The fourth-order valence-electron chi connectivity index (χ4n) is 2.06. The third-order valence-electron chi connectivity index (χ3n) is 3.51. The number of rotatable bonds is 4. The van der Waals surface area contributed by atoms with Crippen LogP contribution in [0.25, 0.3) is 5.82 Å². The van der Waals surface area contributed by atoms with Gasteiger partial charge in [0.05, 0.1) is 0 Å². The number of anilines is 1. The van der Waals surface area contributed by atoms with Crippen molar-refractivity contribution in [3.8, 4) is 17.4 Å². The van der Waals surface area contributed by atoms with Crippen LogP contribution in [-0.4, -0.2) is 20.4 Å². The Labute approximate surface area is 146 Å². The largest absolute Gasteiger partial charge is 0.439 e. The van der Waals surface area contributed by atoms with Gasteiger partial charge in [0.15, 0.2) is 0 Å². The minimum absolute atomic E-state index is 0.0340. The second-order valence-corrected chi connectivity index (χ2v) is 6.64. The van der Waals surface area contributed by atoms with Gasteiger partial charge >= 0.3 is 0 Å². The van der Waals surface area contributed by atoms with Crippen LogP contribution in [0.1, 0.15) is 20.8 Å². The Kier molecular flexibility index (Phi) is 4.52. The van der Waals surface area contributed by atoms with Gasteiger partial charge in [0, 0.05) is 29.6 Å². The Bertz CT molecular complexity index is 850. The molecule has 0 radical (unpaired) electrons. The summed E-state index contributed by atoms with van der Waals surface area (Å²) in [6.45, 7) is 5.62. The molecular weight excluding hydrogens is 316 g/mol. The molecule has 0 aliphatic carbocycles. The number of hydrogen-bond acceptors (Lipinski definition) is 4. The number of ether oxygens (including phenoxy) is 1. The predicted octanol–water partition coefficient (Wildman–Crippen LogP) is 4.04. The van der Waals surface area contributed by atoms with Crippen LogP contribution in [0.4, 0.5) is 5.69 Å². The summed E-state index contributed by atoms with van der Waals surface area (Å²) in [7, 11) is 0. The van der Waals surface area contributed by atoms with Gasteiger partial charge in [0.25, 0.3) is 0 Å². The highest BCUT2D eigenvalue weighted by Crippen LogP contribution is 2.23. The highest BCUT2D eigenvalue weighted by atomic mass is 16.5. The van der Waals surface area contributed by atoms with E-state index in [0.717, 1.165) is 11.5 Å². The van der Waals surface area contributed by atoms with E-state index in [-0.39, 0.29) is 5.91 Å². The zero-order valence-corrected chi connectivity index (χ0v) is 14.4. The Morgan fingerprint density at radius 3 is 2.40 bits per heavy atom. The first-order valence-electron chi connectivity index (χ1n) is 7.96. The molecular formula is C19H20N4O2. The van der Waals surface area contributed by atoms with Gasteiger partial charge in [-0.1, -0.05) is 20.8 Å². The minimum Gasteiger partial charge on any atom is -0.439 e. The average Bonchev–Trinajstić information content (AvgIpc) is 3.11. The van der Waals surface area contributed by atoms with Gasteiger partial charge in [0.2, 0.25) is 11.8 Å². The molecule has 0 atom stereocenters. The molecule has 128 valence electrons. The lowest BCUT2D eigenvalue weighted by atomic mass is 9.95. The number of amides is 1. The SMILES string of the molecule is CC(C)(C)C(=O)Nc1ccc(Oc2cc(-n3cccc3)ncn2)cc1. The van der Waals surface area contributed by atoms with Gasteiger partial charge in [-0.25, -0.2) is 9.97 Å². The van der Waals surface area contributed by atoms with E-state index in [0.29, 0.717) is 11.6 Å². The first-order chi connectivity index (χ1) is 11.9. The van der Waals surface area contributed by atoms with Crippen LogP contribution >= 0.6 is 0 Å². The van der Waals surface area contributed by atoms with E-state index in [4.69, 9.17) is 4.74 Å². The predicted molar refractivity (Wildman–Crippen MR) is 96.0 cm³/mol. The summed E-state index contributed by atoms with van der Waals surface area (Å²) < 4.78 is 7.64. The number of nitrogens with one attached hydrogen (secondary N) is 1. The second-order valence-electron chi connectivity index (χ2n) is 6.64. The first kappa shape index (κ1) is 16.7. The summed E-state index contributed by atoms with van der Waals surface area (Å²) in [5.74, 6) is 1.77. The molecule has 25 heavy (non-hydrogen) atoms. The van der Waals surface area contributed by atoms with Crippen LogP contribution in [0, 0.1) is 5.41 Å². The number of carbonyl (C=O) groups excluding carboxylic acids is 1. The smallest absolute Gasteiger partial charge is 0.229 e. The molecule has 2 heterocycles. The molecule has 1 amide bonds. The fraction of sp³-hybridized carbons (Fsp3) is 0.211. The average molecular weight is 336 g/mol. The van der Waals surface area contributed by atoms with Crippen LogP contribution in [0.3, 0.4) is 0 Å².